The number of para-hydroxylation sites is 1. The van der Waals surface area contributed by atoms with Gasteiger partial charge in [-0.3, -0.25) is 0 Å². The third-order valence-corrected chi connectivity index (χ3v) is 3.84. The quantitative estimate of drug-likeness (QED) is 0.396. The van der Waals surface area contributed by atoms with E-state index in [9.17, 15) is 9.90 Å². The molecule has 1 aromatic carbocycles. The third-order valence-electron chi connectivity index (χ3n) is 3.84. The molecule has 0 saturated carbocycles. The lowest BCUT2D eigenvalue weighted by Gasteiger charge is -2.06. The van der Waals surface area contributed by atoms with E-state index in [1.807, 2.05) is 30.4 Å². The molecule has 2 N–H and O–H groups in total. The summed E-state index contributed by atoms with van der Waals surface area (Å²) in [7, 11) is 0. The van der Waals surface area contributed by atoms with Gasteiger partial charge in [0.05, 0.1) is 6.10 Å². The average molecular weight is 346 g/mol. The Kier molecular flexibility index (Phi) is 11.1. The van der Waals surface area contributed by atoms with Gasteiger partial charge in [0.1, 0.15) is 5.75 Å². The Morgan fingerprint density at radius 1 is 1.12 bits per heavy atom. The standard InChI is InChI=1S/C21H30O4/c1-2-3-4-5-6-7-14-19(22)15-10-8-12-18-13-9-11-16-20(18)25-17-21(23)24/h8-13,15-16,19,22H,2-7,14,17H2,1H3,(H,23,24)/b12-8+,15-10+. The molecule has 25 heavy (non-hydrogen) atoms. The number of carboxylic acids is 1. The van der Waals surface area contributed by atoms with Crippen molar-refractivity contribution in [2.75, 3.05) is 6.61 Å². The topological polar surface area (TPSA) is 66.8 Å². The first-order chi connectivity index (χ1) is 12.1. The van der Waals surface area contributed by atoms with Crippen molar-refractivity contribution < 1.29 is 19.7 Å². The Morgan fingerprint density at radius 3 is 2.60 bits per heavy atom. The minimum atomic E-state index is -1.00. The third kappa shape index (κ3) is 10.4. The van der Waals surface area contributed by atoms with Gasteiger partial charge in [0.2, 0.25) is 0 Å². The van der Waals surface area contributed by atoms with Crippen LogP contribution in [0.4, 0.5) is 0 Å². The van der Waals surface area contributed by atoms with Crippen LogP contribution in [0.5, 0.6) is 5.75 Å². The van der Waals surface area contributed by atoms with Crippen molar-refractivity contribution in [1.82, 2.24) is 0 Å². The summed E-state index contributed by atoms with van der Waals surface area (Å²) in [4.78, 5) is 10.6. The molecule has 1 unspecified atom stereocenters. The SMILES string of the molecule is CCCCCCCCC(O)/C=C/C=C/c1ccccc1OCC(=O)O. The summed E-state index contributed by atoms with van der Waals surface area (Å²) in [6.45, 7) is 1.84. The predicted molar refractivity (Wildman–Crippen MR) is 102 cm³/mol. The summed E-state index contributed by atoms with van der Waals surface area (Å²) in [6.07, 6.45) is 14.9. The van der Waals surface area contributed by atoms with Crippen LogP contribution in [-0.4, -0.2) is 28.9 Å². The zero-order valence-corrected chi connectivity index (χ0v) is 15.1. The molecule has 0 aromatic heterocycles. The fourth-order valence-electron chi connectivity index (χ4n) is 2.47. The van der Waals surface area contributed by atoms with Crippen molar-refractivity contribution in [2.45, 2.75) is 58.0 Å². The van der Waals surface area contributed by atoms with Gasteiger partial charge in [0.15, 0.2) is 6.61 Å². The summed E-state index contributed by atoms with van der Waals surface area (Å²) in [6, 6.07) is 7.26. The number of hydrogen-bond acceptors (Lipinski definition) is 3. The van der Waals surface area contributed by atoms with Crippen molar-refractivity contribution in [3.63, 3.8) is 0 Å². The van der Waals surface area contributed by atoms with Gasteiger partial charge in [0.25, 0.3) is 0 Å². The molecule has 138 valence electrons. The van der Waals surface area contributed by atoms with Crippen LogP contribution in [-0.2, 0) is 4.79 Å². The number of hydrogen-bond donors (Lipinski definition) is 2. The monoisotopic (exact) mass is 346 g/mol. The van der Waals surface area contributed by atoms with Crippen molar-refractivity contribution in [1.29, 1.82) is 0 Å². The minimum Gasteiger partial charge on any atom is -0.481 e. The fourth-order valence-corrected chi connectivity index (χ4v) is 2.47. The number of aliphatic hydroxyl groups excluding tert-OH is 1. The number of carboxylic acid groups (broad SMARTS) is 1. The molecule has 0 heterocycles. The Bertz CT molecular complexity index is 549. The first kappa shape index (κ1) is 21.0. The molecule has 0 spiro atoms. The van der Waals surface area contributed by atoms with E-state index in [1.165, 1.54) is 32.1 Å². The highest BCUT2D eigenvalue weighted by Crippen LogP contribution is 2.19. The van der Waals surface area contributed by atoms with Gasteiger partial charge in [-0.1, -0.05) is 88.0 Å². The second kappa shape index (κ2) is 13.2. The first-order valence-corrected chi connectivity index (χ1v) is 9.10. The summed E-state index contributed by atoms with van der Waals surface area (Å²) >= 11 is 0. The van der Waals surface area contributed by atoms with Crippen LogP contribution < -0.4 is 4.74 Å². The molecule has 4 heteroatoms. The van der Waals surface area contributed by atoms with E-state index in [4.69, 9.17) is 9.84 Å². The van der Waals surface area contributed by atoms with E-state index in [1.54, 1.807) is 18.2 Å². The smallest absolute Gasteiger partial charge is 0.341 e. The lowest BCUT2D eigenvalue weighted by atomic mass is 10.1. The molecular weight excluding hydrogens is 316 g/mol. The van der Waals surface area contributed by atoms with Crippen LogP contribution in [0.2, 0.25) is 0 Å². The van der Waals surface area contributed by atoms with E-state index in [0.717, 1.165) is 18.4 Å². The van der Waals surface area contributed by atoms with Gasteiger partial charge >= 0.3 is 5.97 Å². The number of aliphatic hydroxyl groups is 1. The lowest BCUT2D eigenvalue weighted by molar-refractivity contribution is -0.139. The number of aliphatic carboxylic acids is 1. The van der Waals surface area contributed by atoms with Crippen molar-refractivity contribution in [3.05, 3.63) is 48.1 Å². The molecule has 0 aliphatic rings. The van der Waals surface area contributed by atoms with Crippen molar-refractivity contribution >= 4 is 12.0 Å². The van der Waals surface area contributed by atoms with Gasteiger partial charge < -0.3 is 14.9 Å². The maximum atomic E-state index is 10.6. The van der Waals surface area contributed by atoms with Gasteiger partial charge in [-0.05, 0) is 12.5 Å². The summed E-state index contributed by atoms with van der Waals surface area (Å²) in [5, 5.41) is 18.6. The maximum absolute atomic E-state index is 10.6. The zero-order valence-electron chi connectivity index (χ0n) is 15.1. The Labute approximate surface area is 150 Å². The molecule has 0 amide bonds. The normalized spacial score (nSPS) is 12.7. The largest absolute Gasteiger partial charge is 0.481 e. The Hall–Kier alpha value is -2.07. The number of allylic oxidation sites excluding steroid dienone is 2. The van der Waals surface area contributed by atoms with E-state index in [2.05, 4.69) is 6.92 Å². The molecule has 1 rings (SSSR count). The molecule has 0 radical (unpaired) electrons. The maximum Gasteiger partial charge on any atom is 0.341 e. The van der Waals surface area contributed by atoms with Crippen LogP contribution in [0.15, 0.2) is 42.5 Å². The van der Waals surface area contributed by atoms with Crippen LogP contribution in [0.3, 0.4) is 0 Å². The number of benzene rings is 1. The van der Waals surface area contributed by atoms with Gasteiger partial charge in [0, 0.05) is 5.56 Å². The molecule has 0 bridgehead atoms. The number of unbranched alkanes of at least 4 members (excludes halogenated alkanes) is 5. The molecule has 1 aromatic rings. The van der Waals surface area contributed by atoms with Crippen molar-refractivity contribution in [2.24, 2.45) is 0 Å². The summed E-state index contributed by atoms with van der Waals surface area (Å²) in [5.41, 5.74) is 0.804. The fraction of sp³-hybridized carbons (Fsp3) is 0.476. The highest BCUT2D eigenvalue weighted by Gasteiger charge is 2.02. The summed E-state index contributed by atoms with van der Waals surface area (Å²) < 4.78 is 5.25. The molecular formula is C21H30O4. The van der Waals surface area contributed by atoms with E-state index in [-0.39, 0.29) is 6.61 Å². The number of rotatable bonds is 13. The molecule has 4 nitrogen and oxygen atoms in total. The highest BCUT2D eigenvalue weighted by molar-refractivity contribution is 5.69. The van der Waals surface area contributed by atoms with E-state index >= 15 is 0 Å². The Balaban J connectivity index is 2.36. The van der Waals surface area contributed by atoms with Crippen LogP contribution in [0, 0.1) is 0 Å². The minimum absolute atomic E-state index is 0.363. The van der Waals surface area contributed by atoms with Crippen LogP contribution >= 0.6 is 0 Å². The second-order valence-electron chi connectivity index (χ2n) is 6.09. The lowest BCUT2D eigenvalue weighted by Crippen LogP contribution is -2.09. The predicted octanol–water partition coefficient (Wildman–Crippen LogP) is 4.83. The van der Waals surface area contributed by atoms with Crippen LogP contribution in [0.1, 0.15) is 57.4 Å². The number of carbonyl (C=O) groups is 1. The van der Waals surface area contributed by atoms with Gasteiger partial charge in [-0.25, -0.2) is 4.79 Å². The molecule has 0 saturated heterocycles. The molecule has 0 aliphatic heterocycles. The molecule has 1 atom stereocenters. The van der Waals surface area contributed by atoms with E-state index in [0.29, 0.717) is 5.75 Å². The highest BCUT2D eigenvalue weighted by atomic mass is 16.5. The average Bonchev–Trinajstić information content (AvgIpc) is 2.60. The first-order valence-electron chi connectivity index (χ1n) is 9.10. The van der Waals surface area contributed by atoms with Gasteiger partial charge in [-0.15, -0.1) is 0 Å². The van der Waals surface area contributed by atoms with E-state index < -0.39 is 12.1 Å². The Morgan fingerprint density at radius 2 is 1.84 bits per heavy atom. The number of ether oxygens (including phenoxy) is 1. The van der Waals surface area contributed by atoms with Crippen molar-refractivity contribution in [3.8, 4) is 5.75 Å². The van der Waals surface area contributed by atoms with Crippen LogP contribution in [0.25, 0.3) is 6.08 Å². The summed E-state index contributed by atoms with van der Waals surface area (Å²) in [5.74, 6) is -0.473. The van der Waals surface area contributed by atoms with Gasteiger partial charge in [-0.2, -0.15) is 0 Å². The molecule has 0 fully saturated rings. The second-order valence-corrected chi connectivity index (χ2v) is 6.09. The zero-order chi connectivity index (χ0) is 18.3. The molecule has 0 aliphatic carbocycles.